The fourth-order valence-corrected chi connectivity index (χ4v) is 4.36. The van der Waals surface area contributed by atoms with Crippen molar-refractivity contribution in [2.24, 2.45) is 0 Å². The molecule has 0 fully saturated rings. The Morgan fingerprint density at radius 2 is 1.55 bits per heavy atom. The maximum atomic E-state index is 12.7. The summed E-state index contributed by atoms with van der Waals surface area (Å²) in [5.41, 5.74) is 4.59. The van der Waals surface area contributed by atoms with Gasteiger partial charge in [0.2, 0.25) is 10.0 Å². The van der Waals surface area contributed by atoms with Gasteiger partial charge in [-0.25, -0.2) is 13.1 Å². The Hall–Kier alpha value is -3.49. The van der Waals surface area contributed by atoms with E-state index in [0.29, 0.717) is 22.4 Å². The maximum absolute atomic E-state index is 12.7. The van der Waals surface area contributed by atoms with Crippen molar-refractivity contribution in [2.75, 3.05) is 12.4 Å². The van der Waals surface area contributed by atoms with Gasteiger partial charge in [0, 0.05) is 23.4 Å². The van der Waals surface area contributed by atoms with Gasteiger partial charge in [0.25, 0.3) is 11.8 Å². The van der Waals surface area contributed by atoms with E-state index in [-0.39, 0.29) is 28.8 Å². The zero-order valence-corrected chi connectivity index (χ0v) is 19.8. The van der Waals surface area contributed by atoms with Gasteiger partial charge in [0.15, 0.2) is 0 Å². The average molecular weight is 466 g/mol. The Morgan fingerprint density at radius 1 is 0.848 bits per heavy atom. The Balaban J connectivity index is 1.71. The number of amides is 2. The smallest absolute Gasteiger partial charge is 0.255 e. The van der Waals surface area contributed by atoms with E-state index in [4.69, 9.17) is 0 Å². The molecule has 0 bridgehead atoms. The van der Waals surface area contributed by atoms with Crippen LogP contribution in [-0.4, -0.2) is 27.3 Å². The molecule has 0 saturated heterocycles. The van der Waals surface area contributed by atoms with E-state index < -0.39 is 10.0 Å². The number of hydrogen-bond acceptors (Lipinski definition) is 4. The molecule has 7 nitrogen and oxygen atoms in total. The van der Waals surface area contributed by atoms with E-state index in [1.165, 1.54) is 13.1 Å². The number of anilines is 1. The highest BCUT2D eigenvalue weighted by Crippen LogP contribution is 2.21. The summed E-state index contributed by atoms with van der Waals surface area (Å²) in [6.45, 7) is 5.64. The number of rotatable bonds is 7. The van der Waals surface area contributed by atoms with Gasteiger partial charge in [0.05, 0.1) is 4.90 Å². The van der Waals surface area contributed by atoms with Crippen LogP contribution in [0.1, 0.15) is 43.0 Å². The predicted molar refractivity (Wildman–Crippen MR) is 129 cm³/mol. The first-order valence-corrected chi connectivity index (χ1v) is 11.9. The number of carbonyl (C=O) groups is 2. The molecule has 3 N–H and O–H groups in total. The van der Waals surface area contributed by atoms with Crippen LogP contribution in [0.4, 0.5) is 5.69 Å². The molecule has 3 rings (SSSR count). The number of carbonyl (C=O) groups excluding carboxylic acids is 2. The topological polar surface area (TPSA) is 104 Å². The first-order chi connectivity index (χ1) is 15.6. The van der Waals surface area contributed by atoms with E-state index in [2.05, 4.69) is 15.4 Å². The van der Waals surface area contributed by atoms with Crippen LogP contribution in [0.2, 0.25) is 0 Å². The highest BCUT2D eigenvalue weighted by molar-refractivity contribution is 7.89. The second-order valence-corrected chi connectivity index (χ2v) is 9.68. The second kappa shape index (κ2) is 9.97. The van der Waals surface area contributed by atoms with Gasteiger partial charge in [-0.1, -0.05) is 29.8 Å². The molecule has 33 heavy (non-hydrogen) atoms. The van der Waals surface area contributed by atoms with Gasteiger partial charge < -0.3 is 10.6 Å². The van der Waals surface area contributed by atoms with Crippen molar-refractivity contribution < 1.29 is 18.0 Å². The summed E-state index contributed by atoms with van der Waals surface area (Å²) in [7, 11) is -2.35. The number of sulfonamides is 1. The highest BCUT2D eigenvalue weighted by Gasteiger charge is 2.19. The first kappa shape index (κ1) is 24.2. The Morgan fingerprint density at radius 3 is 2.21 bits per heavy atom. The van der Waals surface area contributed by atoms with Crippen LogP contribution in [0, 0.1) is 20.8 Å². The lowest BCUT2D eigenvalue weighted by Gasteiger charge is -2.13. The third-order valence-electron chi connectivity index (χ3n) is 5.39. The molecule has 8 heteroatoms. The van der Waals surface area contributed by atoms with Gasteiger partial charge in [-0.15, -0.1) is 0 Å². The zero-order valence-electron chi connectivity index (χ0n) is 19.0. The summed E-state index contributed by atoms with van der Waals surface area (Å²) in [5.74, 6) is -0.607. The summed E-state index contributed by atoms with van der Waals surface area (Å²) >= 11 is 0. The lowest BCUT2D eigenvalue weighted by molar-refractivity contribution is 0.0949. The van der Waals surface area contributed by atoms with Crippen molar-refractivity contribution in [3.05, 3.63) is 94.0 Å². The fraction of sp³-hybridized carbons (Fsp3) is 0.200. The van der Waals surface area contributed by atoms with E-state index >= 15 is 0 Å². The molecule has 172 valence electrons. The molecule has 0 radical (unpaired) electrons. The molecule has 0 atom stereocenters. The average Bonchev–Trinajstić information content (AvgIpc) is 2.79. The highest BCUT2D eigenvalue weighted by atomic mass is 32.2. The van der Waals surface area contributed by atoms with Crippen LogP contribution < -0.4 is 15.4 Å². The SMILES string of the molecule is CNS(=O)(=O)c1cc(C(=O)NCc2cccc(NC(=O)c3ccc(C)cc3)c2)cc(C)c1C. The summed E-state index contributed by atoms with van der Waals surface area (Å²) in [5, 5.41) is 5.67. The zero-order chi connectivity index (χ0) is 24.2. The standard InChI is InChI=1S/C25H27N3O4S/c1-16-8-10-20(11-9-16)25(30)28-22-7-5-6-19(13-22)15-27-24(29)21-12-17(2)18(3)23(14-21)33(31,32)26-4/h5-14,26H,15H2,1-4H3,(H,27,29)(H,28,30). The van der Waals surface area contributed by atoms with Gasteiger partial charge in [-0.3, -0.25) is 9.59 Å². The van der Waals surface area contributed by atoms with Crippen LogP contribution >= 0.6 is 0 Å². The minimum Gasteiger partial charge on any atom is -0.348 e. The number of nitrogens with one attached hydrogen (secondary N) is 3. The largest absolute Gasteiger partial charge is 0.348 e. The molecule has 0 aliphatic heterocycles. The molecule has 0 saturated carbocycles. The Bertz CT molecular complexity index is 1300. The predicted octanol–water partition coefficient (Wildman–Crippen LogP) is 3.70. The Kier molecular flexibility index (Phi) is 7.30. The molecule has 3 aromatic rings. The van der Waals surface area contributed by atoms with Crippen molar-refractivity contribution in [2.45, 2.75) is 32.2 Å². The first-order valence-electron chi connectivity index (χ1n) is 10.4. The number of hydrogen-bond donors (Lipinski definition) is 3. The van der Waals surface area contributed by atoms with Crippen molar-refractivity contribution in [1.82, 2.24) is 10.0 Å². The summed E-state index contributed by atoms with van der Waals surface area (Å²) in [6.07, 6.45) is 0. The molecule has 0 aliphatic rings. The minimum atomic E-state index is -3.69. The van der Waals surface area contributed by atoms with Crippen molar-refractivity contribution in [1.29, 1.82) is 0 Å². The molecule has 0 heterocycles. The van der Waals surface area contributed by atoms with Crippen molar-refractivity contribution in [3.63, 3.8) is 0 Å². The molecule has 0 unspecified atom stereocenters. The van der Waals surface area contributed by atoms with Crippen LogP contribution in [0.15, 0.2) is 65.6 Å². The number of benzene rings is 3. The van der Waals surface area contributed by atoms with Crippen LogP contribution in [0.3, 0.4) is 0 Å². The minimum absolute atomic E-state index is 0.0796. The summed E-state index contributed by atoms with van der Waals surface area (Å²) < 4.78 is 26.9. The van der Waals surface area contributed by atoms with Gasteiger partial charge in [-0.2, -0.15) is 0 Å². The maximum Gasteiger partial charge on any atom is 0.255 e. The molecular formula is C25H27N3O4S. The third kappa shape index (κ3) is 5.85. The lowest BCUT2D eigenvalue weighted by atomic mass is 10.1. The van der Waals surface area contributed by atoms with E-state index in [1.807, 2.05) is 25.1 Å². The van der Waals surface area contributed by atoms with E-state index in [0.717, 1.165) is 11.1 Å². The molecule has 0 aromatic heterocycles. The van der Waals surface area contributed by atoms with Crippen LogP contribution in [0.5, 0.6) is 0 Å². The van der Waals surface area contributed by atoms with Gasteiger partial charge in [-0.05, 0) is 80.9 Å². The summed E-state index contributed by atoms with van der Waals surface area (Å²) in [6, 6.07) is 17.5. The molecular weight excluding hydrogens is 438 g/mol. The Labute approximate surface area is 194 Å². The van der Waals surface area contributed by atoms with Crippen LogP contribution in [-0.2, 0) is 16.6 Å². The monoisotopic (exact) mass is 465 g/mol. The molecule has 0 aliphatic carbocycles. The van der Waals surface area contributed by atoms with Crippen molar-refractivity contribution >= 4 is 27.5 Å². The quantitative estimate of drug-likeness (QED) is 0.495. The molecule has 0 spiro atoms. The van der Waals surface area contributed by atoms with Gasteiger partial charge in [0.1, 0.15) is 0 Å². The van der Waals surface area contributed by atoms with E-state index in [9.17, 15) is 18.0 Å². The van der Waals surface area contributed by atoms with Gasteiger partial charge >= 0.3 is 0 Å². The lowest BCUT2D eigenvalue weighted by Crippen LogP contribution is -2.25. The van der Waals surface area contributed by atoms with E-state index in [1.54, 1.807) is 50.2 Å². The van der Waals surface area contributed by atoms with Crippen LogP contribution in [0.25, 0.3) is 0 Å². The molecule has 3 aromatic carbocycles. The normalized spacial score (nSPS) is 11.2. The second-order valence-electron chi connectivity index (χ2n) is 7.83. The summed E-state index contributed by atoms with van der Waals surface area (Å²) in [4.78, 5) is 25.3. The van der Waals surface area contributed by atoms with Crippen molar-refractivity contribution in [3.8, 4) is 0 Å². The fourth-order valence-electron chi connectivity index (χ4n) is 3.30. The molecule has 2 amide bonds. The number of aryl methyl sites for hydroxylation is 2. The third-order valence-corrected chi connectivity index (χ3v) is 6.93.